The molecule has 0 radical (unpaired) electrons. The highest BCUT2D eigenvalue weighted by Gasteiger charge is 2.18. The zero-order chi connectivity index (χ0) is 20.5. The van der Waals surface area contributed by atoms with E-state index in [4.69, 9.17) is 14.2 Å². The van der Waals surface area contributed by atoms with E-state index >= 15 is 0 Å². The molecule has 0 spiro atoms. The fraction of sp³-hybridized carbons (Fsp3) is 0.263. The Kier molecular flexibility index (Phi) is 8.72. The van der Waals surface area contributed by atoms with E-state index in [1.54, 1.807) is 31.3 Å². The van der Waals surface area contributed by atoms with Gasteiger partial charge in [0.15, 0.2) is 18.1 Å². The van der Waals surface area contributed by atoms with Gasteiger partial charge in [0, 0.05) is 10.0 Å². The highest BCUT2D eigenvalue weighted by atomic mass is 79.9. The summed E-state index contributed by atoms with van der Waals surface area (Å²) in [7, 11) is 0. The van der Waals surface area contributed by atoms with E-state index in [-0.39, 0.29) is 19.0 Å². The number of carbonyl (C=O) groups excluding carboxylic acids is 1. The van der Waals surface area contributed by atoms with Crippen LogP contribution in [-0.2, 0) is 9.53 Å². The third-order valence-electron chi connectivity index (χ3n) is 3.34. The summed E-state index contributed by atoms with van der Waals surface area (Å²) in [6, 6.07) is 7.57. The van der Waals surface area contributed by atoms with Crippen molar-refractivity contribution >= 4 is 49.7 Å². The molecule has 0 saturated heterocycles. The number of rotatable bonds is 9. The molecule has 0 aliphatic heterocycles. The summed E-state index contributed by atoms with van der Waals surface area (Å²) < 4.78 is 30.3. The molecule has 1 N–H and O–H groups in total. The average molecular weight is 518 g/mol. The lowest BCUT2D eigenvalue weighted by molar-refractivity contribution is -0.145. The second-order valence-corrected chi connectivity index (χ2v) is 6.91. The molecule has 0 aliphatic carbocycles. The number of anilines is 1. The first kappa shape index (κ1) is 22.2. The first-order valence-corrected chi connectivity index (χ1v) is 10.0. The molecule has 0 aliphatic rings. The third kappa shape index (κ3) is 6.20. The number of hydrazone groups is 1. The number of ether oxygens (including phenoxy) is 3. The second-order valence-electron chi connectivity index (χ2n) is 5.32. The predicted molar refractivity (Wildman–Crippen MR) is 113 cm³/mol. The van der Waals surface area contributed by atoms with Crippen molar-refractivity contribution in [3.05, 3.63) is 50.7 Å². The van der Waals surface area contributed by atoms with E-state index in [1.165, 1.54) is 12.1 Å². The van der Waals surface area contributed by atoms with Gasteiger partial charge in [-0.3, -0.25) is 5.43 Å². The van der Waals surface area contributed by atoms with Crippen molar-refractivity contribution in [3.8, 4) is 11.5 Å². The van der Waals surface area contributed by atoms with Gasteiger partial charge in [-0.15, -0.1) is 0 Å². The Morgan fingerprint density at radius 3 is 2.50 bits per heavy atom. The molecular formula is C19H19Br2FN2O4. The van der Waals surface area contributed by atoms with E-state index in [2.05, 4.69) is 42.4 Å². The van der Waals surface area contributed by atoms with E-state index in [0.29, 0.717) is 38.3 Å². The fourth-order valence-corrected chi connectivity index (χ4v) is 3.07. The van der Waals surface area contributed by atoms with Crippen LogP contribution in [0.1, 0.15) is 19.4 Å². The Morgan fingerprint density at radius 1 is 1.14 bits per heavy atom. The third-order valence-corrected chi connectivity index (χ3v) is 5.48. The van der Waals surface area contributed by atoms with Gasteiger partial charge in [-0.2, -0.15) is 5.10 Å². The van der Waals surface area contributed by atoms with Crippen molar-refractivity contribution in [1.29, 1.82) is 0 Å². The van der Waals surface area contributed by atoms with Crippen LogP contribution in [0.3, 0.4) is 0 Å². The summed E-state index contributed by atoms with van der Waals surface area (Å²) in [5.74, 6) is 0.0404. The van der Waals surface area contributed by atoms with Crippen LogP contribution in [0.15, 0.2) is 44.4 Å². The Labute approximate surface area is 179 Å². The fourth-order valence-electron chi connectivity index (χ4n) is 2.13. The first-order valence-electron chi connectivity index (χ1n) is 8.44. The molecule has 2 aromatic carbocycles. The molecule has 0 atom stereocenters. The quantitative estimate of drug-likeness (QED) is 0.283. The predicted octanol–water partition coefficient (Wildman–Crippen LogP) is 5.14. The second kappa shape index (κ2) is 11.0. The highest BCUT2D eigenvalue weighted by molar-refractivity contribution is 9.13. The van der Waals surface area contributed by atoms with E-state index in [9.17, 15) is 9.18 Å². The molecule has 0 amide bonds. The molecule has 0 aromatic heterocycles. The number of esters is 1. The molecule has 0 heterocycles. The van der Waals surface area contributed by atoms with Crippen LogP contribution in [0.2, 0.25) is 0 Å². The lowest BCUT2D eigenvalue weighted by Gasteiger charge is -2.16. The number of nitrogens with one attached hydrogen (secondary N) is 1. The van der Waals surface area contributed by atoms with Crippen LogP contribution in [-0.4, -0.2) is 32.0 Å². The largest absolute Gasteiger partial charge is 0.490 e. The summed E-state index contributed by atoms with van der Waals surface area (Å²) in [6.07, 6.45) is 1.58. The molecule has 2 aromatic rings. The van der Waals surface area contributed by atoms with Crippen molar-refractivity contribution in [2.24, 2.45) is 5.10 Å². The number of carbonyl (C=O) groups is 1. The standard InChI is InChI=1S/C19H19Br2FN2O4/c1-3-26-15-9-12(10-23-24-14-7-5-13(22)6-8-14)17(20)18(21)19(15)28-11-16(25)27-4-2/h5-10,24H,3-4,11H2,1-2H3/b23-10+. The average Bonchev–Trinajstić information content (AvgIpc) is 2.67. The normalized spacial score (nSPS) is 10.8. The number of hydrogen-bond donors (Lipinski definition) is 1. The molecule has 150 valence electrons. The Bertz CT molecular complexity index is 845. The van der Waals surface area contributed by atoms with Crippen molar-refractivity contribution < 1.29 is 23.4 Å². The number of benzene rings is 2. The lowest BCUT2D eigenvalue weighted by atomic mass is 10.2. The maximum Gasteiger partial charge on any atom is 0.344 e. The van der Waals surface area contributed by atoms with E-state index in [1.807, 2.05) is 6.92 Å². The minimum absolute atomic E-state index is 0.238. The summed E-state index contributed by atoms with van der Waals surface area (Å²) in [5, 5.41) is 4.15. The van der Waals surface area contributed by atoms with Crippen LogP contribution < -0.4 is 14.9 Å². The van der Waals surface area contributed by atoms with Gasteiger partial charge in [-0.1, -0.05) is 0 Å². The van der Waals surface area contributed by atoms with Gasteiger partial charge >= 0.3 is 5.97 Å². The smallest absolute Gasteiger partial charge is 0.344 e. The number of nitrogens with zero attached hydrogens (tertiary/aromatic N) is 1. The Balaban J connectivity index is 2.21. The molecular weight excluding hydrogens is 499 g/mol. The SMILES string of the molecule is CCOC(=O)COc1c(OCC)cc(/C=N/Nc2ccc(F)cc2)c(Br)c1Br. The summed E-state index contributed by atoms with van der Waals surface area (Å²) >= 11 is 6.94. The topological polar surface area (TPSA) is 69.2 Å². The minimum atomic E-state index is -0.470. The lowest BCUT2D eigenvalue weighted by Crippen LogP contribution is -2.15. The molecule has 0 fully saturated rings. The molecule has 6 nitrogen and oxygen atoms in total. The molecule has 0 bridgehead atoms. The van der Waals surface area contributed by atoms with Gasteiger partial charge in [0.1, 0.15) is 5.82 Å². The Hall–Kier alpha value is -2.13. The summed E-state index contributed by atoms with van der Waals surface area (Å²) in [4.78, 5) is 11.6. The maximum atomic E-state index is 12.9. The zero-order valence-corrected chi connectivity index (χ0v) is 18.5. The van der Waals surface area contributed by atoms with Crippen molar-refractivity contribution in [1.82, 2.24) is 0 Å². The monoisotopic (exact) mass is 516 g/mol. The van der Waals surface area contributed by atoms with Crippen LogP contribution in [0, 0.1) is 5.82 Å². The van der Waals surface area contributed by atoms with Crippen LogP contribution in [0.4, 0.5) is 10.1 Å². The zero-order valence-electron chi connectivity index (χ0n) is 15.3. The van der Waals surface area contributed by atoms with Gasteiger partial charge in [0.2, 0.25) is 0 Å². The number of hydrogen-bond acceptors (Lipinski definition) is 6. The van der Waals surface area contributed by atoms with Gasteiger partial charge in [-0.05, 0) is 76.0 Å². The molecule has 0 saturated carbocycles. The molecule has 28 heavy (non-hydrogen) atoms. The van der Waals surface area contributed by atoms with Gasteiger partial charge in [-0.25, -0.2) is 9.18 Å². The molecule has 0 unspecified atom stereocenters. The molecule has 9 heteroatoms. The summed E-state index contributed by atoms with van der Waals surface area (Å²) in [5.41, 5.74) is 4.17. The van der Waals surface area contributed by atoms with Crippen LogP contribution in [0.5, 0.6) is 11.5 Å². The van der Waals surface area contributed by atoms with Gasteiger partial charge in [0.05, 0.1) is 29.6 Å². The van der Waals surface area contributed by atoms with Crippen LogP contribution in [0.25, 0.3) is 0 Å². The van der Waals surface area contributed by atoms with E-state index in [0.717, 1.165) is 0 Å². The van der Waals surface area contributed by atoms with E-state index < -0.39 is 5.97 Å². The minimum Gasteiger partial charge on any atom is -0.490 e. The van der Waals surface area contributed by atoms with Crippen LogP contribution >= 0.6 is 31.9 Å². The maximum absolute atomic E-state index is 12.9. The van der Waals surface area contributed by atoms with Crippen molar-refractivity contribution in [2.75, 3.05) is 25.2 Å². The van der Waals surface area contributed by atoms with Gasteiger partial charge < -0.3 is 14.2 Å². The molecule has 2 rings (SSSR count). The van der Waals surface area contributed by atoms with Crippen molar-refractivity contribution in [2.45, 2.75) is 13.8 Å². The first-order chi connectivity index (χ1) is 13.5. The van der Waals surface area contributed by atoms with Gasteiger partial charge in [0.25, 0.3) is 0 Å². The number of halogens is 3. The summed E-state index contributed by atoms with van der Waals surface area (Å²) in [6.45, 7) is 4.02. The highest BCUT2D eigenvalue weighted by Crippen LogP contribution is 2.42. The van der Waals surface area contributed by atoms with Crippen molar-refractivity contribution in [3.63, 3.8) is 0 Å². The Morgan fingerprint density at radius 2 is 1.86 bits per heavy atom.